The summed E-state index contributed by atoms with van der Waals surface area (Å²) in [4.78, 5) is 2.10. The highest BCUT2D eigenvalue weighted by molar-refractivity contribution is 7.80. The van der Waals surface area contributed by atoms with Gasteiger partial charge in [0.05, 0.1) is 18.2 Å². The van der Waals surface area contributed by atoms with Crippen LogP contribution in [-0.2, 0) is 0 Å². The zero-order valence-electron chi connectivity index (χ0n) is 14.3. The molecule has 2 rings (SSSR count). The zero-order chi connectivity index (χ0) is 18.4. The molecule has 7 heteroatoms. The second-order valence-corrected chi connectivity index (χ2v) is 6.54. The molecule has 0 saturated carbocycles. The summed E-state index contributed by atoms with van der Waals surface area (Å²) in [6.45, 7) is 0.598. The summed E-state index contributed by atoms with van der Waals surface area (Å²) in [5.74, 6) is 0.350. The number of ether oxygens (including phenoxy) is 1. The van der Waals surface area contributed by atoms with Crippen molar-refractivity contribution in [3.8, 4) is 5.75 Å². The minimum absolute atomic E-state index is 0.0512. The van der Waals surface area contributed by atoms with Crippen LogP contribution in [0, 0.1) is 5.82 Å². The van der Waals surface area contributed by atoms with Crippen molar-refractivity contribution in [3.63, 3.8) is 0 Å². The van der Waals surface area contributed by atoms with Crippen molar-refractivity contribution < 1.29 is 9.13 Å². The smallest absolute Gasteiger partial charge is 0.170 e. The third-order valence-electron chi connectivity index (χ3n) is 3.74. The molecule has 0 aliphatic rings. The highest BCUT2D eigenvalue weighted by Crippen LogP contribution is 2.22. The van der Waals surface area contributed by atoms with E-state index in [1.807, 2.05) is 38.4 Å². The van der Waals surface area contributed by atoms with E-state index in [4.69, 9.17) is 28.6 Å². The monoisotopic (exact) mass is 381 g/mol. The number of likely N-dealkylation sites (N-methyl/N-ethyl adjacent to an activating group) is 1. The molecule has 1 atom stereocenters. The molecule has 0 unspecified atom stereocenters. The average Bonchev–Trinajstić information content (AvgIpc) is 2.58. The summed E-state index contributed by atoms with van der Waals surface area (Å²) in [7, 11) is 5.65. The van der Waals surface area contributed by atoms with Crippen molar-refractivity contribution in [1.82, 2.24) is 10.2 Å². The van der Waals surface area contributed by atoms with E-state index in [-0.39, 0.29) is 11.1 Å². The Labute approximate surface area is 157 Å². The molecule has 2 aromatic rings. The van der Waals surface area contributed by atoms with E-state index in [1.165, 1.54) is 12.1 Å². The number of hydrogen-bond acceptors (Lipinski definition) is 3. The van der Waals surface area contributed by atoms with Crippen LogP contribution in [0.4, 0.5) is 10.1 Å². The van der Waals surface area contributed by atoms with Gasteiger partial charge in [-0.15, -0.1) is 0 Å². The lowest BCUT2D eigenvalue weighted by Gasteiger charge is -2.26. The van der Waals surface area contributed by atoms with Crippen LogP contribution < -0.4 is 15.4 Å². The normalized spacial score (nSPS) is 11.9. The molecule has 2 N–H and O–H groups in total. The number of thiocarbonyl (C=S) groups is 1. The van der Waals surface area contributed by atoms with Crippen LogP contribution in [0.25, 0.3) is 0 Å². The molecule has 0 bridgehead atoms. The van der Waals surface area contributed by atoms with Gasteiger partial charge in [0.15, 0.2) is 5.11 Å². The van der Waals surface area contributed by atoms with Crippen LogP contribution in [0.15, 0.2) is 42.5 Å². The molecule has 0 aliphatic heterocycles. The summed E-state index contributed by atoms with van der Waals surface area (Å²) >= 11 is 11.1. The zero-order valence-corrected chi connectivity index (χ0v) is 15.9. The van der Waals surface area contributed by atoms with Gasteiger partial charge in [0, 0.05) is 12.2 Å². The number of hydrogen-bond donors (Lipinski definition) is 2. The van der Waals surface area contributed by atoms with Crippen molar-refractivity contribution in [2.24, 2.45) is 0 Å². The number of methoxy groups -OCH3 is 1. The van der Waals surface area contributed by atoms with Gasteiger partial charge in [-0.05, 0) is 62.2 Å². The maximum Gasteiger partial charge on any atom is 0.170 e. The topological polar surface area (TPSA) is 36.5 Å². The Morgan fingerprint density at radius 3 is 2.68 bits per heavy atom. The van der Waals surface area contributed by atoms with Gasteiger partial charge >= 0.3 is 0 Å². The average molecular weight is 382 g/mol. The molecule has 0 saturated heterocycles. The summed E-state index contributed by atoms with van der Waals surface area (Å²) < 4.78 is 18.5. The molecule has 4 nitrogen and oxygen atoms in total. The lowest BCUT2D eigenvalue weighted by atomic mass is 10.1. The minimum Gasteiger partial charge on any atom is -0.497 e. The quantitative estimate of drug-likeness (QED) is 0.737. The molecule has 0 amide bonds. The van der Waals surface area contributed by atoms with Crippen molar-refractivity contribution in [2.75, 3.05) is 33.1 Å². The fourth-order valence-corrected chi connectivity index (χ4v) is 2.77. The molecule has 0 aliphatic carbocycles. The van der Waals surface area contributed by atoms with Crippen LogP contribution in [0.3, 0.4) is 0 Å². The van der Waals surface area contributed by atoms with Crippen LogP contribution in [0.1, 0.15) is 11.6 Å². The lowest BCUT2D eigenvalue weighted by molar-refractivity contribution is 0.298. The Morgan fingerprint density at radius 2 is 2.04 bits per heavy atom. The molecular weight excluding hydrogens is 361 g/mol. The number of rotatable bonds is 6. The van der Waals surface area contributed by atoms with Crippen LogP contribution in [0.5, 0.6) is 5.75 Å². The third-order valence-corrected chi connectivity index (χ3v) is 4.27. The maximum absolute atomic E-state index is 13.2. The highest BCUT2D eigenvalue weighted by atomic mass is 35.5. The third kappa shape index (κ3) is 5.56. The largest absolute Gasteiger partial charge is 0.497 e. The van der Waals surface area contributed by atoms with Crippen LogP contribution in [-0.4, -0.2) is 37.8 Å². The molecule has 2 aromatic carbocycles. The second-order valence-electron chi connectivity index (χ2n) is 5.72. The van der Waals surface area contributed by atoms with Crippen molar-refractivity contribution in [2.45, 2.75) is 6.04 Å². The standard InChI is InChI=1S/C18H21ClFN3OS/c1-23(2)17(12-5-4-6-14(9-12)24-3)11-21-18(25)22-13-7-8-16(20)15(19)10-13/h4-10,17H,11H2,1-3H3,(H2,21,22,25)/t17-/m0/s1. The van der Waals surface area contributed by atoms with E-state index in [0.29, 0.717) is 17.3 Å². The molecule has 0 radical (unpaired) electrons. The van der Waals surface area contributed by atoms with Crippen molar-refractivity contribution >= 4 is 34.6 Å². The van der Waals surface area contributed by atoms with Gasteiger partial charge in [0.25, 0.3) is 0 Å². The molecule has 25 heavy (non-hydrogen) atoms. The number of nitrogens with zero attached hydrogens (tertiary/aromatic N) is 1. The molecule has 134 valence electrons. The highest BCUT2D eigenvalue weighted by Gasteiger charge is 2.15. The van der Waals surface area contributed by atoms with Gasteiger partial charge in [0.2, 0.25) is 0 Å². The Balaban J connectivity index is 2.00. The fourth-order valence-electron chi connectivity index (χ4n) is 2.39. The van der Waals surface area contributed by atoms with E-state index in [2.05, 4.69) is 15.5 Å². The number of halogens is 2. The van der Waals surface area contributed by atoms with E-state index in [1.54, 1.807) is 13.2 Å². The predicted octanol–water partition coefficient (Wildman–Crippen LogP) is 4.08. The van der Waals surface area contributed by atoms with Crippen molar-refractivity contribution in [1.29, 1.82) is 0 Å². The number of benzene rings is 2. The van der Waals surface area contributed by atoms with Gasteiger partial charge in [-0.1, -0.05) is 23.7 Å². The van der Waals surface area contributed by atoms with Gasteiger partial charge in [0.1, 0.15) is 11.6 Å². The molecule has 0 fully saturated rings. The second kappa shape index (κ2) is 8.99. The number of anilines is 1. The first-order chi connectivity index (χ1) is 11.9. The van der Waals surface area contributed by atoms with E-state index in [0.717, 1.165) is 11.3 Å². The van der Waals surface area contributed by atoms with Crippen molar-refractivity contribution in [3.05, 3.63) is 58.9 Å². The summed E-state index contributed by atoms with van der Waals surface area (Å²) in [6, 6.07) is 12.4. The molecule has 0 heterocycles. The number of nitrogens with one attached hydrogen (secondary N) is 2. The lowest BCUT2D eigenvalue weighted by Crippen LogP contribution is -2.36. The summed E-state index contributed by atoms with van der Waals surface area (Å²) in [5.41, 5.74) is 1.75. The Hall–Kier alpha value is -1.89. The first-order valence-electron chi connectivity index (χ1n) is 7.71. The molecular formula is C18H21ClFN3OS. The minimum atomic E-state index is -0.461. The fraction of sp³-hybridized carbons (Fsp3) is 0.278. The van der Waals surface area contributed by atoms with Gasteiger partial charge < -0.3 is 20.3 Å². The van der Waals surface area contributed by atoms with E-state index >= 15 is 0 Å². The summed E-state index contributed by atoms with van der Waals surface area (Å²) in [6.07, 6.45) is 0. The molecule has 0 aromatic heterocycles. The van der Waals surface area contributed by atoms with Gasteiger partial charge in [-0.25, -0.2) is 4.39 Å². The first kappa shape index (κ1) is 19.4. The van der Waals surface area contributed by atoms with Crippen LogP contribution >= 0.6 is 23.8 Å². The summed E-state index contributed by atoms with van der Waals surface area (Å²) in [5, 5.41) is 6.68. The first-order valence-corrected chi connectivity index (χ1v) is 8.49. The van der Waals surface area contributed by atoms with E-state index in [9.17, 15) is 4.39 Å². The van der Waals surface area contributed by atoms with Crippen LogP contribution in [0.2, 0.25) is 5.02 Å². The van der Waals surface area contributed by atoms with E-state index < -0.39 is 5.82 Å². The van der Waals surface area contributed by atoms with Gasteiger partial charge in [-0.3, -0.25) is 0 Å². The van der Waals surface area contributed by atoms with Gasteiger partial charge in [-0.2, -0.15) is 0 Å². The SMILES string of the molecule is COc1cccc([C@H](CNC(=S)Nc2ccc(F)c(Cl)c2)N(C)C)c1. The predicted molar refractivity (Wildman–Crippen MR) is 105 cm³/mol. The molecule has 0 spiro atoms. The maximum atomic E-state index is 13.2. The Kier molecular flexibility index (Phi) is 6.99. The Bertz CT molecular complexity index is 742. The Morgan fingerprint density at radius 1 is 1.28 bits per heavy atom.